The van der Waals surface area contributed by atoms with Crippen molar-refractivity contribution in [3.63, 3.8) is 0 Å². The molecule has 5 nitrogen and oxygen atoms in total. The maximum absolute atomic E-state index is 6.25. The normalized spacial score (nSPS) is 12.0. The highest BCUT2D eigenvalue weighted by molar-refractivity contribution is 6.01. The van der Waals surface area contributed by atoms with E-state index in [1.807, 2.05) is 43.3 Å². The van der Waals surface area contributed by atoms with Crippen molar-refractivity contribution < 1.29 is 9.47 Å². The Labute approximate surface area is 166 Å². The van der Waals surface area contributed by atoms with Crippen LogP contribution in [0.2, 0.25) is 0 Å². The zero-order valence-electron chi connectivity index (χ0n) is 17.1. The molecule has 2 aromatic carbocycles. The summed E-state index contributed by atoms with van der Waals surface area (Å²) >= 11 is 0. The summed E-state index contributed by atoms with van der Waals surface area (Å²) in [6, 6.07) is 11.8. The van der Waals surface area contributed by atoms with E-state index in [2.05, 4.69) is 24.1 Å². The van der Waals surface area contributed by atoms with Crippen LogP contribution in [-0.2, 0) is 0 Å². The highest BCUT2D eigenvalue weighted by atomic mass is 16.5. The van der Waals surface area contributed by atoms with Crippen molar-refractivity contribution in [2.24, 2.45) is 5.92 Å². The summed E-state index contributed by atoms with van der Waals surface area (Å²) in [7, 11) is 1.66. The molecule has 1 atom stereocenters. The van der Waals surface area contributed by atoms with Gasteiger partial charge in [0.05, 0.1) is 13.7 Å². The number of hydrogen-bond donors (Lipinski definition) is 2. The Morgan fingerprint density at radius 1 is 1.11 bits per heavy atom. The number of benzene rings is 2. The number of anilines is 3. The van der Waals surface area contributed by atoms with Gasteiger partial charge >= 0.3 is 0 Å². The molecule has 5 heteroatoms. The van der Waals surface area contributed by atoms with Gasteiger partial charge in [-0.05, 0) is 30.9 Å². The van der Waals surface area contributed by atoms with Gasteiger partial charge in [0, 0.05) is 46.5 Å². The minimum Gasteiger partial charge on any atom is -0.497 e. The minimum absolute atomic E-state index is 0.513. The number of ether oxygens (including phenoxy) is 2. The van der Waals surface area contributed by atoms with E-state index in [4.69, 9.17) is 15.2 Å². The number of nitrogens with two attached hydrogens (primary N) is 1. The van der Waals surface area contributed by atoms with Gasteiger partial charge in [-0.15, -0.1) is 0 Å². The van der Waals surface area contributed by atoms with E-state index >= 15 is 0 Å². The molecule has 3 aromatic rings. The van der Waals surface area contributed by atoms with Crippen molar-refractivity contribution in [2.75, 3.05) is 24.8 Å². The molecule has 0 bridgehead atoms. The molecule has 0 unspecified atom stereocenters. The van der Waals surface area contributed by atoms with Gasteiger partial charge < -0.3 is 20.5 Å². The van der Waals surface area contributed by atoms with E-state index in [1.54, 1.807) is 13.3 Å². The fraction of sp³-hybridized carbons (Fsp3) is 0.348. The van der Waals surface area contributed by atoms with Gasteiger partial charge in [-0.2, -0.15) is 0 Å². The van der Waals surface area contributed by atoms with Gasteiger partial charge in [0.15, 0.2) is 0 Å². The van der Waals surface area contributed by atoms with Crippen LogP contribution in [-0.4, -0.2) is 18.7 Å². The Bertz CT molecular complexity index is 956. The second kappa shape index (κ2) is 8.83. The first-order valence-corrected chi connectivity index (χ1v) is 9.74. The number of nitrogen functional groups attached to an aromatic ring is 1. The quantitative estimate of drug-likeness (QED) is 0.492. The molecule has 0 aliphatic heterocycles. The first-order valence-electron chi connectivity index (χ1n) is 9.74. The van der Waals surface area contributed by atoms with E-state index in [9.17, 15) is 0 Å². The number of hydrogen-bond acceptors (Lipinski definition) is 5. The number of nitrogens with zero attached hydrogens (tertiary/aromatic N) is 1. The van der Waals surface area contributed by atoms with E-state index in [1.165, 1.54) is 0 Å². The van der Waals surface area contributed by atoms with E-state index < -0.39 is 0 Å². The summed E-state index contributed by atoms with van der Waals surface area (Å²) in [5, 5.41) is 5.36. The summed E-state index contributed by atoms with van der Waals surface area (Å²) in [5.41, 5.74) is 8.94. The van der Waals surface area contributed by atoms with Gasteiger partial charge in [0.2, 0.25) is 0 Å². The molecule has 0 amide bonds. The molecule has 28 heavy (non-hydrogen) atoms. The number of fused-ring (bicyclic) bond motifs is 1. The number of aromatic nitrogens is 1. The lowest BCUT2D eigenvalue weighted by atomic mass is 10.1. The number of nitrogens with one attached hydrogen (secondary N) is 1. The topological polar surface area (TPSA) is 69.4 Å². The first-order chi connectivity index (χ1) is 13.5. The lowest BCUT2D eigenvalue weighted by Crippen LogP contribution is -2.08. The van der Waals surface area contributed by atoms with Crippen LogP contribution in [0.15, 0.2) is 42.6 Å². The predicted octanol–water partition coefficient (Wildman–Crippen LogP) is 5.69. The monoisotopic (exact) mass is 379 g/mol. The average Bonchev–Trinajstić information content (AvgIpc) is 2.69. The average molecular weight is 380 g/mol. The van der Waals surface area contributed by atoms with Crippen LogP contribution >= 0.6 is 0 Å². The number of pyridine rings is 1. The van der Waals surface area contributed by atoms with Gasteiger partial charge in [0.1, 0.15) is 17.3 Å². The van der Waals surface area contributed by atoms with Crippen LogP contribution in [0.4, 0.5) is 17.2 Å². The Kier molecular flexibility index (Phi) is 6.24. The molecule has 3 rings (SSSR count). The second-order valence-corrected chi connectivity index (χ2v) is 7.28. The molecule has 1 heterocycles. The van der Waals surface area contributed by atoms with Crippen molar-refractivity contribution in [2.45, 2.75) is 33.6 Å². The summed E-state index contributed by atoms with van der Waals surface area (Å²) in [6.07, 6.45) is 4.07. The molecule has 3 N–H and O–H groups in total. The third kappa shape index (κ3) is 4.47. The number of aryl methyl sites for hydroxylation is 1. The van der Waals surface area contributed by atoms with Crippen LogP contribution in [0.25, 0.3) is 10.8 Å². The Hall–Kier alpha value is -2.95. The predicted molar refractivity (Wildman–Crippen MR) is 117 cm³/mol. The van der Waals surface area contributed by atoms with E-state index in [-0.39, 0.29) is 0 Å². The zero-order valence-corrected chi connectivity index (χ0v) is 17.1. The Morgan fingerprint density at radius 3 is 2.64 bits per heavy atom. The van der Waals surface area contributed by atoms with Crippen LogP contribution in [0.1, 0.15) is 32.3 Å². The van der Waals surface area contributed by atoms with Crippen LogP contribution in [0, 0.1) is 12.8 Å². The van der Waals surface area contributed by atoms with Gasteiger partial charge in [-0.25, -0.2) is 4.98 Å². The lowest BCUT2D eigenvalue weighted by molar-refractivity contribution is 0.250. The molecule has 0 radical (unpaired) electrons. The van der Waals surface area contributed by atoms with Crippen molar-refractivity contribution in [3.8, 4) is 11.5 Å². The highest BCUT2D eigenvalue weighted by Gasteiger charge is 2.10. The van der Waals surface area contributed by atoms with E-state index in [0.29, 0.717) is 12.5 Å². The molecule has 0 aliphatic carbocycles. The van der Waals surface area contributed by atoms with Crippen molar-refractivity contribution >= 4 is 28.0 Å². The molecule has 0 saturated heterocycles. The van der Waals surface area contributed by atoms with Crippen LogP contribution in [0.5, 0.6) is 11.5 Å². The molecular weight excluding hydrogens is 350 g/mol. The fourth-order valence-corrected chi connectivity index (χ4v) is 3.28. The van der Waals surface area contributed by atoms with Gasteiger partial charge in [-0.1, -0.05) is 32.4 Å². The maximum atomic E-state index is 6.25. The maximum Gasteiger partial charge on any atom is 0.138 e. The van der Waals surface area contributed by atoms with E-state index in [0.717, 1.165) is 57.9 Å². The summed E-state index contributed by atoms with van der Waals surface area (Å²) in [5.74, 6) is 2.78. The Balaban J connectivity index is 1.89. The van der Waals surface area contributed by atoms with Crippen molar-refractivity contribution in [1.29, 1.82) is 0 Å². The third-order valence-electron chi connectivity index (χ3n) is 4.90. The summed E-state index contributed by atoms with van der Waals surface area (Å²) in [4.78, 5) is 4.51. The first kappa shape index (κ1) is 19.8. The molecule has 0 fully saturated rings. The molecule has 0 aliphatic rings. The summed E-state index contributed by atoms with van der Waals surface area (Å²) in [6.45, 7) is 7.08. The van der Waals surface area contributed by atoms with Crippen molar-refractivity contribution in [1.82, 2.24) is 4.98 Å². The largest absolute Gasteiger partial charge is 0.497 e. The SMILES string of the molecule is CCC[C@H](C)COc1cc(Nc2nccc3c(N)c(C)ccc23)cc(OC)c1. The molecule has 1 aromatic heterocycles. The molecule has 0 saturated carbocycles. The molecule has 0 spiro atoms. The fourth-order valence-electron chi connectivity index (χ4n) is 3.28. The number of methoxy groups -OCH3 is 1. The zero-order chi connectivity index (χ0) is 20.1. The third-order valence-corrected chi connectivity index (χ3v) is 4.90. The Morgan fingerprint density at radius 2 is 1.89 bits per heavy atom. The van der Waals surface area contributed by atoms with Crippen LogP contribution < -0.4 is 20.5 Å². The smallest absolute Gasteiger partial charge is 0.138 e. The molecule has 148 valence electrons. The van der Waals surface area contributed by atoms with Crippen LogP contribution in [0.3, 0.4) is 0 Å². The standard InChI is InChI=1S/C23H29N3O2/c1-5-6-15(2)14-28-19-12-17(11-18(13-19)27-4)26-23-21-8-7-16(3)22(24)20(21)9-10-25-23/h7-13,15H,5-6,14,24H2,1-4H3,(H,25,26)/t15-/m0/s1. The van der Waals surface area contributed by atoms with Crippen molar-refractivity contribution in [3.05, 3.63) is 48.2 Å². The summed E-state index contributed by atoms with van der Waals surface area (Å²) < 4.78 is 11.5. The van der Waals surface area contributed by atoms with Gasteiger partial charge in [0.25, 0.3) is 0 Å². The minimum atomic E-state index is 0.513. The number of rotatable bonds is 8. The molecular formula is C23H29N3O2. The lowest BCUT2D eigenvalue weighted by Gasteiger charge is -2.16. The highest BCUT2D eigenvalue weighted by Crippen LogP contribution is 2.32. The van der Waals surface area contributed by atoms with Gasteiger partial charge in [-0.3, -0.25) is 0 Å². The second-order valence-electron chi connectivity index (χ2n) is 7.28.